The zero-order valence-electron chi connectivity index (χ0n) is 18.6. The van der Waals surface area contributed by atoms with Gasteiger partial charge in [0, 0.05) is 30.2 Å². The molecule has 7 nitrogen and oxygen atoms in total. The lowest BCUT2D eigenvalue weighted by atomic mass is 10.1. The summed E-state index contributed by atoms with van der Waals surface area (Å²) in [5, 5.41) is 10.0. The number of carboxylic acids is 1. The number of hydrogen-bond donors (Lipinski definition) is 2. The quantitative estimate of drug-likeness (QED) is 0.336. The van der Waals surface area contributed by atoms with Crippen molar-refractivity contribution < 1.29 is 23.1 Å². The van der Waals surface area contributed by atoms with Crippen molar-refractivity contribution in [3.8, 4) is 5.75 Å². The Morgan fingerprint density at radius 1 is 0.971 bits per heavy atom. The first kappa shape index (κ1) is 23.5. The predicted octanol–water partition coefficient (Wildman–Crippen LogP) is 4.22. The third kappa shape index (κ3) is 5.84. The number of carbonyl (C=O) groups is 1. The van der Waals surface area contributed by atoms with Crippen LogP contribution in [0.2, 0.25) is 0 Å². The SMILES string of the molecule is O=C(O)CCn1cc(CCNS(=O)(=O)c2ccccc2)c2cc(OCc3ccccc3)ccc21. The number of carboxylic acid groups (broad SMARTS) is 1. The van der Waals surface area contributed by atoms with Gasteiger partial charge in [0.2, 0.25) is 10.0 Å². The van der Waals surface area contributed by atoms with Crippen molar-refractivity contribution in [2.24, 2.45) is 0 Å². The fraction of sp³-hybridized carbons (Fsp3) is 0.192. The summed E-state index contributed by atoms with van der Waals surface area (Å²) >= 11 is 0. The van der Waals surface area contributed by atoms with Crippen molar-refractivity contribution in [2.45, 2.75) is 30.9 Å². The first-order valence-corrected chi connectivity index (χ1v) is 12.5. The molecule has 0 saturated carbocycles. The second kappa shape index (κ2) is 10.5. The van der Waals surface area contributed by atoms with Crippen LogP contribution in [0.4, 0.5) is 0 Å². The van der Waals surface area contributed by atoms with Gasteiger partial charge in [-0.1, -0.05) is 48.5 Å². The summed E-state index contributed by atoms with van der Waals surface area (Å²) in [5.41, 5.74) is 2.85. The fourth-order valence-electron chi connectivity index (χ4n) is 3.78. The van der Waals surface area contributed by atoms with Crippen molar-refractivity contribution in [3.63, 3.8) is 0 Å². The van der Waals surface area contributed by atoms with Gasteiger partial charge in [0.05, 0.1) is 11.3 Å². The topological polar surface area (TPSA) is 97.6 Å². The molecule has 4 aromatic rings. The van der Waals surface area contributed by atoms with Gasteiger partial charge < -0.3 is 14.4 Å². The number of sulfonamides is 1. The normalized spacial score (nSPS) is 11.5. The monoisotopic (exact) mass is 478 g/mol. The number of aliphatic carboxylic acids is 1. The average Bonchev–Trinajstić information content (AvgIpc) is 3.19. The Labute approximate surface area is 198 Å². The molecule has 0 bridgehead atoms. The number of rotatable bonds is 11. The summed E-state index contributed by atoms with van der Waals surface area (Å²) in [6.07, 6.45) is 2.34. The zero-order chi connectivity index (χ0) is 24.0. The van der Waals surface area contributed by atoms with E-state index in [0.29, 0.717) is 25.3 Å². The van der Waals surface area contributed by atoms with Gasteiger partial charge in [-0.2, -0.15) is 0 Å². The molecule has 0 amide bonds. The second-order valence-corrected chi connectivity index (χ2v) is 9.67. The summed E-state index contributed by atoms with van der Waals surface area (Å²) < 4.78 is 35.6. The number of aryl methyl sites for hydroxylation is 1. The molecule has 176 valence electrons. The van der Waals surface area contributed by atoms with E-state index < -0.39 is 16.0 Å². The van der Waals surface area contributed by atoms with E-state index in [9.17, 15) is 13.2 Å². The molecule has 0 atom stereocenters. The highest BCUT2D eigenvalue weighted by molar-refractivity contribution is 7.89. The van der Waals surface area contributed by atoms with Crippen LogP contribution in [0.25, 0.3) is 10.9 Å². The molecular weight excluding hydrogens is 452 g/mol. The Hall–Kier alpha value is -3.62. The molecule has 1 heterocycles. The molecule has 3 aromatic carbocycles. The molecule has 0 unspecified atom stereocenters. The molecule has 0 saturated heterocycles. The van der Waals surface area contributed by atoms with Crippen LogP contribution < -0.4 is 9.46 Å². The van der Waals surface area contributed by atoms with Gasteiger partial charge >= 0.3 is 5.97 Å². The van der Waals surface area contributed by atoms with E-state index >= 15 is 0 Å². The van der Waals surface area contributed by atoms with Gasteiger partial charge in [-0.25, -0.2) is 13.1 Å². The summed E-state index contributed by atoms with van der Waals surface area (Å²) in [6, 6.07) is 23.8. The van der Waals surface area contributed by atoms with E-state index in [2.05, 4.69) is 4.72 Å². The smallest absolute Gasteiger partial charge is 0.305 e. The van der Waals surface area contributed by atoms with Crippen molar-refractivity contribution in [1.29, 1.82) is 0 Å². The Balaban J connectivity index is 1.53. The third-order valence-electron chi connectivity index (χ3n) is 5.49. The van der Waals surface area contributed by atoms with Gasteiger partial charge in [-0.05, 0) is 47.9 Å². The van der Waals surface area contributed by atoms with Crippen LogP contribution in [0, 0.1) is 0 Å². The van der Waals surface area contributed by atoms with Gasteiger partial charge in [0.15, 0.2) is 0 Å². The Morgan fingerprint density at radius 3 is 2.38 bits per heavy atom. The largest absolute Gasteiger partial charge is 0.489 e. The molecule has 0 aliphatic carbocycles. The Bertz CT molecular complexity index is 1370. The van der Waals surface area contributed by atoms with Crippen LogP contribution in [-0.4, -0.2) is 30.6 Å². The first-order valence-electron chi connectivity index (χ1n) is 11.0. The number of benzene rings is 3. The lowest BCUT2D eigenvalue weighted by Gasteiger charge is -2.08. The van der Waals surface area contributed by atoms with Crippen LogP contribution in [0.1, 0.15) is 17.5 Å². The van der Waals surface area contributed by atoms with Gasteiger partial charge in [0.1, 0.15) is 12.4 Å². The van der Waals surface area contributed by atoms with Gasteiger partial charge in [-0.15, -0.1) is 0 Å². The maximum atomic E-state index is 12.5. The maximum absolute atomic E-state index is 12.5. The molecule has 2 N–H and O–H groups in total. The highest BCUT2D eigenvalue weighted by Gasteiger charge is 2.15. The minimum atomic E-state index is -3.60. The molecule has 34 heavy (non-hydrogen) atoms. The number of hydrogen-bond acceptors (Lipinski definition) is 4. The standard InChI is InChI=1S/C26H26N2O5S/c29-26(30)14-16-28-18-21(13-15-27-34(31,32)23-9-5-2-6-10-23)24-17-22(11-12-25(24)28)33-19-20-7-3-1-4-8-20/h1-12,17-18,27H,13-16,19H2,(H,29,30). The highest BCUT2D eigenvalue weighted by Crippen LogP contribution is 2.27. The average molecular weight is 479 g/mol. The predicted molar refractivity (Wildman–Crippen MR) is 130 cm³/mol. The zero-order valence-corrected chi connectivity index (χ0v) is 19.4. The summed E-state index contributed by atoms with van der Waals surface area (Å²) in [7, 11) is -3.60. The molecule has 4 rings (SSSR count). The summed E-state index contributed by atoms with van der Waals surface area (Å²) in [6.45, 7) is 0.967. The van der Waals surface area contributed by atoms with E-state index in [0.717, 1.165) is 22.0 Å². The number of aromatic nitrogens is 1. The Kier molecular flexibility index (Phi) is 7.30. The molecule has 1 aromatic heterocycles. The van der Waals surface area contributed by atoms with Crippen LogP contribution in [0.3, 0.4) is 0 Å². The van der Waals surface area contributed by atoms with Crippen molar-refractivity contribution >= 4 is 26.9 Å². The highest BCUT2D eigenvalue weighted by atomic mass is 32.2. The number of nitrogens with one attached hydrogen (secondary N) is 1. The first-order chi connectivity index (χ1) is 16.4. The van der Waals surface area contributed by atoms with E-state index in [-0.39, 0.29) is 17.9 Å². The van der Waals surface area contributed by atoms with Gasteiger partial charge in [-0.3, -0.25) is 4.79 Å². The van der Waals surface area contributed by atoms with E-state index in [4.69, 9.17) is 9.84 Å². The number of nitrogens with zero attached hydrogens (tertiary/aromatic N) is 1. The Morgan fingerprint density at radius 2 is 1.68 bits per heavy atom. The molecule has 0 radical (unpaired) electrons. The second-order valence-electron chi connectivity index (χ2n) is 7.91. The minimum absolute atomic E-state index is 0.00385. The minimum Gasteiger partial charge on any atom is -0.489 e. The van der Waals surface area contributed by atoms with Crippen molar-refractivity contribution in [2.75, 3.05) is 6.54 Å². The van der Waals surface area contributed by atoms with E-state index in [1.165, 1.54) is 0 Å². The van der Waals surface area contributed by atoms with Crippen molar-refractivity contribution in [3.05, 3.63) is 96.2 Å². The van der Waals surface area contributed by atoms with E-state index in [1.807, 2.05) is 59.3 Å². The number of ether oxygens (including phenoxy) is 1. The lowest BCUT2D eigenvalue weighted by molar-refractivity contribution is -0.137. The maximum Gasteiger partial charge on any atom is 0.305 e. The lowest BCUT2D eigenvalue weighted by Crippen LogP contribution is -2.25. The molecule has 0 aliphatic rings. The van der Waals surface area contributed by atoms with Crippen LogP contribution >= 0.6 is 0 Å². The third-order valence-corrected chi connectivity index (χ3v) is 6.97. The molecule has 8 heteroatoms. The van der Waals surface area contributed by atoms with Crippen molar-refractivity contribution in [1.82, 2.24) is 9.29 Å². The molecular formula is C26H26N2O5S. The number of fused-ring (bicyclic) bond motifs is 1. The molecule has 0 aliphatic heterocycles. The van der Waals surface area contributed by atoms with Crippen LogP contribution in [-0.2, 0) is 34.4 Å². The molecule has 0 fully saturated rings. The molecule has 0 spiro atoms. The van der Waals surface area contributed by atoms with E-state index in [1.54, 1.807) is 30.3 Å². The van der Waals surface area contributed by atoms with Crippen LogP contribution in [0.5, 0.6) is 5.75 Å². The fourth-order valence-corrected chi connectivity index (χ4v) is 4.84. The van der Waals surface area contributed by atoms with Gasteiger partial charge in [0.25, 0.3) is 0 Å². The summed E-state index contributed by atoms with van der Waals surface area (Å²) in [5.74, 6) is -0.180. The summed E-state index contributed by atoms with van der Waals surface area (Å²) in [4.78, 5) is 11.3. The van der Waals surface area contributed by atoms with Crippen LogP contribution in [0.15, 0.2) is 90.0 Å².